The molecular weight excluding hydrogens is 296 g/mol. The molecule has 3 rings (SSSR count). The normalized spacial score (nSPS) is 17.5. The largest absolute Gasteiger partial charge is 0.435 e. The minimum atomic E-state index is -0.149. The SMILES string of the molecule is Cc1nc(CC(C)C)oc1C(=O)N[C@@H]1CCCc2sccc21. The molecule has 1 aliphatic rings. The fraction of sp³-hybridized carbons (Fsp3) is 0.529. The summed E-state index contributed by atoms with van der Waals surface area (Å²) in [6, 6.07) is 2.22. The first-order valence-electron chi connectivity index (χ1n) is 7.88. The van der Waals surface area contributed by atoms with Gasteiger partial charge in [-0.1, -0.05) is 13.8 Å². The summed E-state index contributed by atoms with van der Waals surface area (Å²) in [6.07, 6.45) is 3.99. The average molecular weight is 318 g/mol. The Hall–Kier alpha value is -1.62. The highest BCUT2D eigenvalue weighted by atomic mass is 32.1. The topological polar surface area (TPSA) is 55.1 Å². The van der Waals surface area contributed by atoms with E-state index in [1.165, 1.54) is 10.4 Å². The Bertz CT molecular complexity index is 672. The predicted molar refractivity (Wildman–Crippen MR) is 87.2 cm³/mol. The molecule has 4 nitrogen and oxygen atoms in total. The average Bonchev–Trinajstić information content (AvgIpc) is 3.05. The van der Waals surface area contributed by atoms with E-state index < -0.39 is 0 Å². The van der Waals surface area contributed by atoms with Gasteiger partial charge in [0.15, 0.2) is 5.89 Å². The fourth-order valence-corrected chi connectivity index (χ4v) is 3.95. The van der Waals surface area contributed by atoms with Gasteiger partial charge in [0.05, 0.1) is 11.7 Å². The molecule has 0 unspecified atom stereocenters. The number of carbonyl (C=O) groups is 1. The molecule has 2 aromatic rings. The van der Waals surface area contributed by atoms with Crippen molar-refractivity contribution in [1.82, 2.24) is 10.3 Å². The van der Waals surface area contributed by atoms with Crippen LogP contribution in [-0.4, -0.2) is 10.9 Å². The number of aromatic nitrogens is 1. The number of oxazole rings is 1. The van der Waals surface area contributed by atoms with Crippen LogP contribution in [0.15, 0.2) is 15.9 Å². The molecule has 2 aromatic heterocycles. The molecule has 0 bridgehead atoms. The molecule has 5 heteroatoms. The molecule has 1 atom stereocenters. The van der Waals surface area contributed by atoms with Crippen molar-refractivity contribution < 1.29 is 9.21 Å². The standard InChI is InChI=1S/C17H22N2O2S/c1-10(2)9-15-18-11(3)16(21-15)17(20)19-13-5-4-6-14-12(13)7-8-22-14/h7-8,10,13H,4-6,9H2,1-3H3,(H,19,20)/t13-/m1/s1. The molecule has 0 aliphatic heterocycles. The Labute approximate surface area is 134 Å². The smallest absolute Gasteiger partial charge is 0.289 e. The van der Waals surface area contributed by atoms with Crippen molar-refractivity contribution in [1.29, 1.82) is 0 Å². The summed E-state index contributed by atoms with van der Waals surface area (Å²) in [5, 5.41) is 5.23. The molecule has 1 aliphatic carbocycles. The molecule has 2 heterocycles. The van der Waals surface area contributed by atoms with Gasteiger partial charge in [-0.2, -0.15) is 0 Å². The maximum absolute atomic E-state index is 12.5. The van der Waals surface area contributed by atoms with E-state index in [-0.39, 0.29) is 11.9 Å². The van der Waals surface area contributed by atoms with Crippen LogP contribution in [0.1, 0.15) is 65.3 Å². The lowest BCUT2D eigenvalue weighted by atomic mass is 9.94. The first kappa shape index (κ1) is 15.3. The summed E-state index contributed by atoms with van der Waals surface area (Å²) in [5.41, 5.74) is 1.94. The summed E-state index contributed by atoms with van der Waals surface area (Å²) in [7, 11) is 0. The van der Waals surface area contributed by atoms with E-state index >= 15 is 0 Å². The quantitative estimate of drug-likeness (QED) is 0.925. The van der Waals surface area contributed by atoms with Gasteiger partial charge in [-0.05, 0) is 49.1 Å². The van der Waals surface area contributed by atoms with Crippen molar-refractivity contribution in [2.75, 3.05) is 0 Å². The van der Waals surface area contributed by atoms with Gasteiger partial charge < -0.3 is 9.73 Å². The van der Waals surface area contributed by atoms with Gasteiger partial charge in [-0.3, -0.25) is 4.79 Å². The minimum Gasteiger partial charge on any atom is -0.435 e. The third kappa shape index (κ3) is 3.09. The Kier molecular flexibility index (Phi) is 4.34. The Morgan fingerprint density at radius 3 is 3.14 bits per heavy atom. The van der Waals surface area contributed by atoms with E-state index in [1.807, 2.05) is 6.92 Å². The van der Waals surface area contributed by atoms with Crippen molar-refractivity contribution in [3.8, 4) is 0 Å². The van der Waals surface area contributed by atoms with Crippen molar-refractivity contribution >= 4 is 17.2 Å². The first-order chi connectivity index (χ1) is 10.5. The van der Waals surface area contributed by atoms with E-state index in [1.54, 1.807) is 11.3 Å². The number of amides is 1. The lowest BCUT2D eigenvalue weighted by molar-refractivity contribution is 0.0901. The van der Waals surface area contributed by atoms with Gasteiger partial charge in [-0.25, -0.2) is 4.98 Å². The van der Waals surface area contributed by atoms with Gasteiger partial charge in [-0.15, -0.1) is 11.3 Å². The van der Waals surface area contributed by atoms with Crippen LogP contribution < -0.4 is 5.32 Å². The monoisotopic (exact) mass is 318 g/mol. The minimum absolute atomic E-state index is 0.0977. The summed E-state index contributed by atoms with van der Waals surface area (Å²) in [6.45, 7) is 6.05. The number of nitrogens with zero attached hydrogens (tertiary/aromatic N) is 1. The van der Waals surface area contributed by atoms with Crippen LogP contribution in [0.5, 0.6) is 0 Å². The molecular formula is C17H22N2O2S. The fourth-order valence-electron chi connectivity index (χ4n) is 2.96. The molecule has 1 N–H and O–H groups in total. The molecule has 22 heavy (non-hydrogen) atoms. The van der Waals surface area contributed by atoms with Crippen LogP contribution in [0.4, 0.5) is 0 Å². The van der Waals surface area contributed by atoms with E-state index in [0.29, 0.717) is 23.3 Å². The van der Waals surface area contributed by atoms with Crippen molar-refractivity contribution in [3.05, 3.63) is 39.2 Å². The molecule has 0 saturated heterocycles. The second-order valence-corrected chi connectivity index (χ2v) is 7.34. The van der Waals surface area contributed by atoms with E-state index in [2.05, 4.69) is 35.6 Å². The number of hydrogen-bond donors (Lipinski definition) is 1. The van der Waals surface area contributed by atoms with Gasteiger partial charge in [0.25, 0.3) is 5.91 Å². The number of rotatable bonds is 4. The molecule has 0 radical (unpaired) electrons. The summed E-state index contributed by atoms with van der Waals surface area (Å²) < 4.78 is 5.68. The van der Waals surface area contributed by atoms with Crippen molar-refractivity contribution in [2.24, 2.45) is 5.92 Å². The summed E-state index contributed by atoms with van der Waals surface area (Å²) in [4.78, 5) is 18.3. The third-order valence-corrected chi connectivity index (χ3v) is 4.98. The molecule has 118 valence electrons. The zero-order chi connectivity index (χ0) is 15.7. The highest BCUT2D eigenvalue weighted by molar-refractivity contribution is 7.10. The van der Waals surface area contributed by atoms with Crippen LogP contribution in [-0.2, 0) is 12.8 Å². The van der Waals surface area contributed by atoms with Crippen LogP contribution >= 0.6 is 11.3 Å². The van der Waals surface area contributed by atoms with E-state index in [4.69, 9.17) is 4.42 Å². The molecule has 1 amide bonds. The maximum Gasteiger partial charge on any atom is 0.289 e. The third-order valence-electron chi connectivity index (χ3n) is 3.99. The van der Waals surface area contributed by atoms with Crippen LogP contribution in [0.3, 0.4) is 0 Å². The Balaban J connectivity index is 1.74. The van der Waals surface area contributed by atoms with Gasteiger partial charge in [0, 0.05) is 11.3 Å². The highest BCUT2D eigenvalue weighted by Crippen LogP contribution is 2.33. The molecule has 0 saturated carbocycles. The first-order valence-corrected chi connectivity index (χ1v) is 8.76. The zero-order valence-corrected chi connectivity index (χ0v) is 14.1. The Morgan fingerprint density at radius 2 is 2.36 bits per heavy atom. The second-order valence-electron chi connectivity index (χ2n) is 6.34. The number of hydrogen-bond acceptors (Lipinski definition) is 4. The van der Waals surface area contributed by atoms with E-state index in [0.717, 1.165) is 25.7 Å². The maximum atomic E-state index is 12.5. The summed E-state index contributed by atoms with van der Waals surface area (Å²) >= 11 is 1.78. The van der Waals surface area contributed by atoms with Crippen LogP contribution in [0.25, 0.3) is 0 Å². The van der Waals surface area contributed by atoms with Crippen LogP contribution in [0, 0.1) is 12.8 Å². The molecule has 0 spiro atoms. The number of carbonyl (C=O) groups excluding carboxylic acids is 1. The number of nitrogens with one attached hydrogen (secondary N) is 1. The number of thiophene rings is 1. The van der Waals surface area contributed by atoms with Gasteiger partial charge in [0.2, 0.25) is 5.76 Å². The predicted octanol–water partition coefficient (Wildman–Crippen LogP) is 4.05. The second kappa shape index (κ2) is 6.24. The lowest BCUT2D eigenvalue weighted by Gasteiger charge is -2.23. The highest BCUT2D eigenvalue weighted by Gasteiger charge is 2.25. The van der Waals surface area contributed by atoms with Gasteiger partial charge in [0.1, 0.15) is 0 Å². The number of fused-ring (bicyclic) bond motifs is 1. The Morgan fingerprint density at radius 1 is 1.55 bits per heavy atom. The zero-order valence-electron chi connectivity index (χ0n) is 13.3. The van der Waals surface area contributed by atoms with Gasteiger partial charge >= 0.3 is 0 Å². The molecule has 0 aromatic carbocycles. The van der Waals surface area contributed by atoms with E-state index in [9.17, 15) is 4.79 Å². The van der Waals surface area contributed by atoms with Crippen LogP contribution in [0.2, 0.25) is 0 Å². The number of aryl methyl sites for hydroxylation is 2. The van der Waals surface area contributed by atoms with Crippen molar-refractivity contribution in [2.45, 2.75) is 52.5 Å². The molecule has 0 fully saturated rings. The van der Waals surface area contributed by atoms with Crippen molar-refractivity contribution in [3.63, 3.8) is 0 Å². The summed E-state index contributed by atoms with van der Waals surface area (Å²) in [5.74, 6) is 1.32. The lowest BCUT2D eigenvalue weighted by Crippen LogP contribution is -2.30.